The van der Waals surface area contributed by atoms with Crippen molar-refractivity contribution < 1.29 is 14.3 Å². The molecule has 2 atom stereocenters. The molecule has 0 aromatic carbocycles. The predicted molar refractivity (Wildman–Crippen MR) is 67.1 cm³/mol. The summed E-state index contributed by atoms with van der Waals surface area (Å²) >= 11 is 3.32. The maximum absolute atomic E-state index is 13.3. The Morgan fingerprint density at radius 2 is 2.44 bits per heavy atom. The van der Waals surface area contributed by atoms with Crippen LogP contribution in [0.15, 0.2) is 4.47 Å². The number of alkyl halides is 1. The SMILES string of the molecule is CCc1[nH]nc(C(=O)N2C[C@@H](F)C[C@H]2CO)c1Br. The number of hydrogen-bond donors (Lipinski definition) is 2. The minimum Gasteiger partial charge on any atom is -0.394 e. The molecule has 1 fully saturated rings. The van der Waals surface area contributed by atoms with Crippen LogP contribution in [0.4, 0.5) is 4.39 Å². The Morgan fingerprint density at radius 1 is 1.72 bits per heavy atom. The molecule has 18 heavy (non-hydrogen) atoms. The molecule has 1 aromatic heterocycles. The smallest absolute Gasteiger partial charge is 0.275 e. The molecular weight excluding hydrogens is 305 g/mol. The van der Waals surface area contributed by atoms with Crippen LogP contribution in [0.2, 0.25) is 0 Å². The quantitative estimate of drug-likeness (QED) is 0.881. The summed E-state index contributed by atoms with van der Waals surface area (Å²) in [7, 11) is 0. The summed E-state index contributed by atoms with van der Waals surface area (Å²) < 4.78 is 13.9. The number of aliphatic hydroxyl groups is 1. The highest BCUT2D eigenvalue weighted by Crippen LogP contribution is 2.26. The maximum Gasteiger partial charge on any atom is 0.275 e. The third kappa shape index (κ3) is 2.29. The van der Waals surface area contributed by atoms with Gasteiger partial charge >= 0.3 is 0 Å². The van der Waals surface area contributed by atoms with Crippen molar-refractivity contribution in [2.24, 2.45) is 0 Å². The fraction of sp³-hybridized carbons (Fsp3) is 0.636. The average molecular weight is 320 g/mol. The summed E-state index contributed by atoms with van der Waals surface area (Å²) in [5, 5.41) is 15.9. The number of rotatable bonds is 3. The lowest BCUT2D eigenvalue weighted by Gasteiger charge is -2.21. The van der Waals surface area contributed by atoms with Gasteiger partial charge in [-0.2, -0.15) is 5.10 Å². The van der Waals surface area contributed by atoms with Gasteiger partial charge in [0, 0.05) is 12.1 Å². The fourth-order valence-electron chi connectivity index (χ4n) is 2.16. The molecule has 2 heterocycles. The van der Waals surface area contributed by atoms with Gasteiger partial charge in [0.15, 0.2) is 5.69 Å². The molecule has 0 saturated carbocycles. The molecule has 0 radical (unpaired) electrons. The molecule has 2 rings (SSSR count). The van der Waals surface area contributed by atoms with Crippen LogP contribution in [0, 0.1) is 0 Å². The molecule has 0 bridgehead atoms. The molecule has 1 saturated heterocycles. The zero-order valence-corrected chi connectivity index (χ0v) is 11.6. The van der Waals surface area contributed by atoms with Gasteiger partial charge in [-0.15, -0.1) is 0 Å². The zero-order valence-electron chi connectivity index (χ0n) is 9.99. The van der Waals surface area contributed by atoms with E-state index in [1.165, 1.54) is 4.90 Å². The molecule has 0 unspecified atom stereocenters. The lowest BCUT2D eigenvalue weighted by atomic mass is 10.2. The minimum atomic E-state index is -1.07. The van der Waals surface area contributed by atoms with Gasteiger partial charge in [-0.3, -0.25) is 9.89 Å². The van der Waals surface area contributed by atoms with Crippen LogP contribution in [-0.2, 0) is 6.42 Å². The van der Waals surface area contributed by atoms with Crippen molar-refractivity contribution in [1.82, 2.24) is 15.1 Å². The zero-order chi connectivity index (χ0) is 13.3. The van der Waals surface area contributed by atoms with Crippen LogP contribution in [0.25, 0.3) is 0 Å². The van der Waals surface area contributed by atoms with E-state index in [4.69, 9.17) is 0 Å². The Hall–Kier alpha value is -0.950. The van der Waals surface area contributed by atoms with Crippen LogP contribution in [-0.4, -0.2) is 51.5 Å². The van der Waals surface area contributed by atoms with Crippen LogP contribution in [0.5, 0.6) is 0 Å². The highest BCUT2D eigenvalue weighted by Gasteiger charge is 2.37. The number of carbonyl (C=O) groups excluding carboxylic acids is 1. The number of amides is 1. The number of H-pyrrole nitrogens is 1. The summed E-state index contributed by atoms with van der Waals surface area (Å²) in [6.45, 7) is 1.73. The summed E-state index contributed by atoms with van der Waals surface area (Å²) in [5.74, 6) is -0.350. The van der Waals surface area contributed by atoms with E-state index < -0.39 is 12.2 Å². The van der Waals surface area contributed by atoms with Gasteiger partial charge in [0.2, 0.25) is 0 Å². The number of aryl methyl sites for hydroxylation is 1. The first-order valence-corrected chi connectivity index (χ1v) is 6.66. The Bertz CT molecular complexity index is 451. The molecule has 0 spiro atoms. The van der Waals surface area contributed by atoms with E-state index in [-0.39, 0.29) is 31.2 Å². The van der Waals surface area contributed by atoms with E-state index in [0.29, 0.717) is 4.47 Å². The lowest BCUT2D eigenvalue weighted by molar-refractivity contribution is 0.0666. The van der Waals surface area contributed by atoms with E-state index in [1.807, 2.05) is 6.92 Å². The monoisotopic (exact) mass is 319 g/mol. The lowest BCUT2D eigenvalue weighted by Crippen LogP contribution is -2.38. The first-order chi connectivity index (χ1) is 8.58. The van der Waals surface area contributed by atoms with Gasteiger partial charge in [-0.25, -0.2) is 4.39 Å². The number of nitrogens with zero attached hydrogens (tertiary/aromatic N) is 2. The largest absolute Gasteiger partial charge is 0.394 e. The van der Waals surface area contributed by atoms with Gasteiger partial charge in [-0.1, -0.05) is 6.92 Å². The van der Waals surface area contributed by atoms with Gasteiger partial charge in [0.1, 0.15) is 6.17 Å². The molecule has 100 valence electrons. The van der Waals surface area contributed by atoms with Crippen molar-refractivity contribution in [3.05, 3.63) is 15.9 Å². The van der Waals surface area contributed by atoms with E-state index in [0.717, 1.165) is 12.1 Å². The first-order valence-electron chi connectivity index (χ1n) is 5.87. The van der Waals surface area contributed by atoms with Gasteiger partial charge in [0.05, 0.1) is 23.7 Å². The molecule has 7 heteroatoms. The van der Waals surface area contributed by atoms with Crippen molar-refractivity contribution in [2.45, 2.75) is 32.0 Å². The van der Waals surface area contributed by atoms with Gasteiger partial charge in [0.25, 0.3) is 5.91 Å². The standard InChI is InChI=1S/C11H15BrFN3O2/c1-2-8-9(12)10(15-14-8)11(18)16-4-6(13)3-7(16)5-17/h6-7,17H,2-5H2,1H3,(H,14,15)/t6-,7-/m0/s1. The number of aromatic nitrogens is 2. The summed E-state index contributed by atoms with van der Waals surface area (Å²) in [4.78, 5) is 13.6. The third-order valence-electron chi connectivity index (χ3n) is 3.17. The molecule has 5 nitrogen and oxygen atoms in total. The minimum absolute atomic E-state index is 0.0187. The van der Waals surface area contributed by atoms with E-state index in [9.17, 15) is 14.3 Å². The molecule has 1 amide bonds. The Balaban J connectivity index is 2.22. The molecule has 1 aliphatic rings. The molecule has 0 aliphatic carbocycles. The average Bonchev–Trinajstić information content (AvgIpc) is 2.91. The number of likely N-dealkylation sites (tertiary alicyclic amines) is 1. The van der Waals surface area contributed by atoms with Gasteiger partial charge < -0.3 is 10.0 Å². The second-order valence-electron chi connectivity index (χ2n) is 4.35. The predicted octanol–water partition coefficient (Wildman–Crippen LogP) is 1.28. The maximum atomic E-state index is 13.3. The topological polar surface area (TPSA) is 69.2 Å². The van der Waals surface area contributed by atoms with Crippen LogP contribution in [0.3, 0.4) is 0 Å². The Kier molecular flexibility index (Phi) is 4.01. The van der Waals surface area contributed by atoms with Crippen molar-refractivity contribution in [1.29, 1.82) is 0 Å². The third-order valence-corrected chi connectivity index (χ3v) is 4.02. The number of hydrogen-bond acceptors (Lipinski definition) is 3. The van der Waals surface area contributed by atoms with Crippen LogP contribution in [0.1, 0.15) is 29.5 Å². The Labute approximate surface area is 112 Å². The second-order valence-corrected chi connectivity index (χ2v) is 5.14. The van der Waals surface area contributed by atoms with Crippen molar-refractivity contribution >= 4 is 21.8 Å². The number of nitrogens with one attached hydrogen (secondary N) is 1. The van der Waals surface area contributed by atoms with Crippen molar-refractivity contribution in [2.75, 3.05) is 13.2 Å². The highest BCUT2D eigenvalue weighted by molar-refractivity contribution is 9.10. The molecule has 1 aliphatic heterocycles. The Morgan fingerprint density at radius 3 is 3.00 bits per heavy atom. The second kappa shape index (κ2) is 5.36. The summed E-state index contributed by atoms with van der Waals surface area (Å²) in [6.07, 6.45) is -0.171. The highest BCUT2D eigenvalue weighted by atomic mass is 79.9. The normalized spacial score (nSPS) is 23.7. The number of aliphatic hydroxyl groups excluding tert-OH is 1. The number of aromatic amines is 1. The van der Waals surface area contributed by atoms with E-state index >= 15 is 0 Å². The number of carbonyl (C=O) groups is 1. The van der Waals surface area contributed by atoms with Crippen molar-refractivity contribution in [3.63, 3.8) is 0 Å². The summed E-state index contributed by atoms with van der Waals surface area (Å²) in [5.41, 5.74) is 1.08. The van der Waals surface area contributed by atoms with Gasteiger partial charge in [-0.05, 0) is 22.4 Å². The molecular formula is C11H15BrFN3O2. The molecule has 1 aromatic rings. The number of halogens is 2. The van der Waals surface area contributed by atoms with Crippen molar-refractivity contribution in [3.8, 4) is 0 Å². The fourth-order valence-corrected chi connectivity index (χ4v) is 2.79. The van der Waals surface area contributed by atoms with Crippen LogP contribution < -0.4 is 0 Å². The van der Waals surface area contributed by atoms with E-state index in [2.05, 4.69) is 26.1 Å². The van der Waals surface area contributed by atoms with E-state index in [1.54, 1.807) is 0 Å². The van der Waals surface area contributed by atoms with Crippen LogP contribution >= 0.6 is 15.9 Å². The first kappa shape index (κ1) is 13.5. The molecule has 2 N–H and O–H groups in total. The summed E-state index contributed by atoms with van der Waals surface area (Å²) in [6, 6.07) is -0.457.